The van der Waals surface area contributed by atoms with Gasteiger partial charge in [-0.3, -0.25) is 14.5 Å². The predicted molar refractivity (Wildman–Crippen MR) is 112 cm³/mol. The molecule has 1 unspecified atom stereocenters. The second-order valence-corrected chi connectivity index (χ2v) is 6.91. The molecule has 1 saturated heterocycles. The van der Waals surface area contributed by atoms with Crippen LogP contribution < -0.4 is 9.64 Å². The summed E-state index contributed by atoms with van der Waals surface area (Å²) in [6, 6.07) is 16.8. The van der Waals surface area contributed by atoms with Crippen LogP contribution >= 0.6 is 0 Å². The molecule has 4 rings (SSSR count). The fraction of sp³-hybridized carbons (Fsp3) is 0.0833. The molecule has 156 valence electrons. The van der Waals surface area contributed by atoms with Crippen LogP contribution in [0.2, 0.25) is 0 Å². The molecule has 1 aliphatic rings. The Kier molecular flexibility index (Phi) is 5.17. The van der Waals surface area contributed by atoms with Gasteiger partial charge in [0, 0.05) is 0 Å². The van der Waals surface area contributed by atoms with Gasteiger partial charge in [0.15, 0.2) is 0 Å². The van der Waals surface area contributed by atoms with Crippen molar-refractivity contribution in [2.75, 3.05) is 12.0 Å². The third-order valence-electron chi connectivity index (χ3n) is 5.13. The first-order valence-electron chi connectivity index (χ1n) is 9.42. The number of ether oxygens (including phenoxy) is 1. The summed E-state index contributed by atoms with van der Waals surface area (Å²) in [4.78, 5) is 27.2. The molecule has 0 radical (unpaired) electrons. The van der Waals surface area contributed by atoms with Crippen LogP contribution in [-0.4, -0.2) is 29.0 Å². The highest BCUT2D eigenvalue weighted by Crippen LogP contribution is 2.45. The number of rotatable bonds is 4. The summed E-state index contributed by atoms with van der Waals surface area (Å²) < 4.78 is 18.8. The number of benzene rings is 3. The normalized spacial score (nSPS) is 17.7. The predicted octanol–water partition coefficient (Wildman–Crippen LogP) is 4.17. The maximum Gasteiger partial charge on any atom is 0.300 e. The van der Waals surface area contributed by atoms with Gasteiger partial charge in [-0.05, 0) is 42.0 Å². The van der Waals surface area contributed by atoms with Gasteiger partial charge in [0.05, 0.1) is 30.0 Å². The number of aromatic hydroxyl groups is 1. The van der Waals surface area contributed by atoms with E-state index in [1.807, 2.05) is 0 Å². The van der Waals surface area contributed by atoms with Gasteiger partial charge in [-0.2, -0.15) is 0 Å². The van der Waals surface area contributed by atoms with E-state index < -0.39 is 29.3 Å². The second-order valence-electron chi connectivity index (χ2n) is 6.91. The molecule has 0 saturated carbocycles. The number of aliphatic hydroxyl groups is 1. The minimum Gasteiger partial charge on any atom is -0.507 e. The van der Waals surface area contributed by atoms with Crippen LogP contribution in [0.3, 0.4) is 0 Å². The Balaban J connectivity index is 1.99. The van der Waals surface area contributed by atoms with Gasteiger partial charge in [-0.1, -0.05) is 36.4 Å². The minimum atomic E-state index is -1.08. The molecule has 0 aliphatic carbocycles. The number of methoxy groups -OCH3 is 1. The molecule has 1 heterocycles. The molecule has 7 heteroatoms. The van der Waals surface area contributed by atoms with Crippen LogP contribution in [0.5, 0.6) is 11.5 Å². The van der Waals surface area contributed by atoms with Crippen LogP contribution in [0, 0.1) is 5.82 Å². The SMILES string of the molecule is COc1ccccc1/C(O)=C1/C(=O)C(=O)N(c2ccccc2O)C1c1ccc(F)cc1. The highest BCUT2D eigenvalue weighted by atomic mass is 19.1. The summed E-state index contributed by atoms with van der Waals surface area (Å²) in [5.74, 6) is -2.68. The highest BCUT2D eigenvalue weighted by molar-refractivity contribution is 6.52. The lowest BCUT2D eigenvalue weighted by Crippen LogP contribution is -2.29. The van der Waals surface area contributed by atoms with Crippen molar-refractivity contribution in [1.29, 1.82) is 0 Å². The van der Waals surface area contributed by atoms with E-state index in [2.05, 4.69) is 0 Å². The molecule has 31 heavy (non-hydrogen) atoms. The first-order chi connectivity index (χ1) is 14.9. The molecule has 0 aromatic heterocycles. The number of amides is 1. The summed E-state index contributed by atoms with van der Waals surface area (Å²) in [7, 11) is 1.42. The number of hydrogen-bond donors (Lipinski definition) is 2. The number of nitrogens with zero attached hydrogens (tertiary/aromatic N) is 1. The van der Waals surface area contributed by atoms with Crippen LogP contribution in [0.15, 0.2) is 78.4 Å². The average molecular weight is 419 g/mol. The standard InChI is InChI=1S/C24H18FNO5/c1-31-19-9-5-2-6-16(19)22(28)20-21(14-10-12-15(25)13-11-14)26(24(30)23(20)29)17-7-3-4-8-18(17)27/h2-13,21,27-28H,1H3/b22-20-. The topological polar surface area (TPSA) is 87.1 Å². The van der Waals surface area contributed by atoms with Crippen LogP contribution in [0.25, 0.3) is 5.76 Å². The van der Waals surface area contributed by atoms with Crippen molar-refractivity contribution >= 4 is 23.1 Å². The quantitative estimate of drug-likeness (QED) is 0.377. The molecule has 6 nitrogen and oxygen atoms in total. The summed E-state index contributed by atoms with van der Waals surface area (Å²) in [5, 5.41) is 21.4. The van der Waals surface area contributed by atoms with Crippen molar-refractivity contribution in [2.24, 2.45) is 0 Å². The molecule has 0 bridgehead atoms. The molecule has 1 fully saturated rings. The molecule has 2 N–H and O–H groups in total. The van der Waals surface area contributed by atoms with E-state index in [4.69, 9.17) is 4.74 Å². The van der Waals surface area contributed by atoms with Gasteiger partial charge in [0.2, 0.25) is 0 Å². The molecule has 0 spiro atoms. The Bertz CT molecular complexity index is 1200. The number of phenolic OH excluding ortho intramolecular Hbond substituents is 1. The van der Waals surface area contributed by atoms with Gasteiger partial charge < -0.3 is 14.9 Å². The summed E-state index contributed by atoms with van der Waals surface area (Å²) in [5.41, 5.74) is 0.523. The number of carbonyl (C=O) groups is 2. The van der Waals surface area contributed by atoms with Crippen LogP contribution in [0.4, 0.5) is 10.1 Å². The fourth-order valence-electron chi connectivity index (χ4n) is 3.69. The fourth-order valence-corrected chi connectivity index (χ4v) is 3.69. The molecule has 1 atom stereocenters. The third kappa shape index (κ3) is 3.40. The number of halogens is 1. The second kappa shape index (κ2) is 7.95. The molecular formula is C24H18FNO5. The van der Waals surface area contributed by atoms with E-state index >= 15 is 0 Å². The number of ketones is 1. The highest BCUT2D eigenvalue weighted by Gasteiger charge is 2.47. The Labute approximate surface area is 177 Å². The van der Waals surface area contributed by atoms with Crippen molar-refractivity contribution in [3.63, 3.8) is 0 Å². The van der Waals surface area contributed by atoms with Crippen molar-refractivity contribution in [1.82, 2.24) is 0 Å². The Hall–Kier alpha value is -4.13. The number of phenols is 1. The molecule has 1 aliphatic heterocycles. The van der Waals surface area contributed by atoms with E-state index in [-0.39, 0.29) is 22.6 Å². The summed E-state index contributed by atoms with van der Waals surface area (Å²) in [6.45, 7) is 0. The number of aliphatic hydroxyl groups excluding tert-OH is 1. The zero-order valence-corrected chi connectivity index (χ0v) is 16.4. The number of anilines is 1. The number of carbonyl (C=O) groups excluding carboxylic acids is 2. The van der Waals surface area contributed by atoms with E-state index in [1.165, 1.54) is 43.5 Å². The average Bonchev–Trinajstić information content (AvgIpc) is 3.04. The first-order valence-corrected chi connectivity index (χ1v) is 9.42. The number of para-hydroxylation sites is 3. The summed E-state index contributed by atoms with van der Waals surface area (Å²) in [6.07, 6.45) is 0. The van der Waals surface area contributed by atoms with Gasteiger partial charge in [0.25, 0.3) is 11.7 Å². The van der Waals surface area contributed by atoms with Gasteiger partial charge >= 0.3 is 0 Å². The van der Waals surface area contributed by atoms with Crippen LogP contribution in [0.1, 0.15) is 17.2 Å². The lowest BCUT2D eigenvalue weighted by Gasteiger charge is -2.26. The molecule has 1 amide bonds. The minimum absolute atomic E-state index is 0.0954. The van der Waals surface area contributed by atoms with E-state index in [9.17, 15) is 24.2 Å². The Morgan fingerprint density at radius 2 is 1.61 bits per heavy atom. The van der Waals surface area contributed by atoms with Gasteiger partial charge in [0.1, 0.15) is 23.1 Å². The third-order valence-corrected chi connectivity index (χ3v) is 5.13. The lowest BCUT2D eigenvalue weighted by molar-refractivity contribution is -0.132. The van der Waals surface area contributed by atoms with Crippen molar-refractivity contribution in [2.45, 2.75) is 6.04 Å². The Morgan fingerprint density at radius 3 is 2.29 bits per heavy atom. The van der Waals surface area contributed by atoms with E-state index in [1.54, 1.807) is 36.4 Å². The zero-order valence-electron chi connectivity index (χ0n) is 16.4. The van der Waals surface area contributed by atoms with E-state index in [0.29, 0.717) is 11.3 Å². The van der Waals surface area contributed by atoms with Gasteiger partial charge in [-0.15, -0.1) is 0 Å². The molecule has 3 aromatic carbocycles. The van der Waals surface area contributed by atoms with Crippen LogP contribution in [-0.2, 0) is 9.59 Å². The number of Topliss-reactive ketones (excluding diaryl/α,β-unsaturated/α-hetero) is 1. The molecule has 3 aromatic rings. The monoisotopic (exact) mass is 419 g/mol. The summed E-state index contributed by atoms with van der Waals surface area (Å²) >= 11 is 0. The van der Waals surface area contributed by atoms with Crippen molar-refractivity contribution in [3.8, 4) is 11.5 Å². The maximum absolute atomic E-state index is 13.6. The van der Waals surface area contributed by atoms with Crippen molar-refractivity contribution in [3.05, 3.63) is 95.3 Å². The smallest absolute Gasteiger partial charge is 0.300 e. The Morgan fingerprint density at radius 1 is 0.968 bits per heavy atom. The van der Waals surface area contributed by atoms with Gasteiger partial charge in [-0.25, -0.2) is 4.39 Å². The zero-order chi connectivity index (χ0) is 22.1. The van der Waals surface area contributed by atoms with Crippen molar-refractivity contribution < 1.29 is 28.9 Å². The number of hydrogen-bond acceptors (Lipinski definition) is 5. The first kappa shape index (κ1) is 20.2. The lowest BCUT2D eigenvalue weighted by atomic mass is 9.94. The molecular weight excluding hydrogens is 401 g/mol. The maximum atomic E-state index is 13.6. The largest absolute Gasteiger partial charge is 0.507 e. The van der Waals surface area contributed by atoms with E-state index in [0.717, 1.165) is 4.90 Å².